The number of nitrogens with one attached hydrogen (secondary N) is 2. The highest BCUT2D eigenvalue weighted by atomic mass is 32.2. The Kier molecular flexibility index (Phi) is 9.28. The number of hydrogen-bond acceptors (Lipinski definition) is 11. The van der Waals surface area contributed by atoms with Gasteiger partial charge in [-0.15, -0.1) is 23.1 Å². The van der Waals surface area contributed by atoms with Crippen LogP contribution in [-0.4, -0.2) is 73.4 Å². The van der Waals surface area contributed by atoms with Gasteiger partial charge in [0.05, 0.1) is 0 Å². The van der Waals surface area contributed by atoms with E-state index in [0.717, 1.165) is 21.6 Å². The van der Waals surface area contributed by atoms with Crippen molar-refractivity contribution in [1.29, 1.82) is 0 Å². The van der Waals surface area contributed by atoms with Crippen LogP contribution in [0.1, 0.15) is 29.3 Å². The normalized spacial score (nSPS) is 17.6. The molecule has 0 aliphatic carbocycles. The number of carbonyl (C=O) groups is 4. The second-order valence-corrected chi connectivity index (χ2v) is 12.8. The number of oxime groups is 1. The zero-order chi connectivity index (χ0) is 33.8. The van der Waals surface area contributed by atoms with Gasteiger partial charge in [-0.05, 0) is 16.7 Å². The number of amides is 2. The van der Waals surface area contributed by atoms with Crippen LogP contribution >= 0.6 is 23.1 Å². The van der Waals surface area contributed by atoms with Crippen molar-refractivity contribution in [1.82, 2.24) is 15.2 Å². The van der Waals surface area contributed by atoms with Gasteiger partial charge in [0.1, 0.15) is 35.0 Å². The molecule has 2 atom stereocenters. The zero-order valence-electron chi connectivity index (χ0n) is 25.4. The Labute approximate surface area is 283 Å². The first-order valence-corrected chi connectivity index (χ1v) is 16.6. The predicted molar refractivity (Wildman–Crippen MR) is 180 cm³/mol. The predicted octanol–water partition coefficient (Wildman–Crippen LogP) is 4.03. The van der Waals surface area contributed by atoms with Crippen LogP contribution in [0.5, 0.6) is 0 Å². The van der Waals surface area contributed by atoms with Crippen molar-refractivity contribution >= 4 is 57.7 Å². The number of aliphatic carboxylic acids is 1. The number of thioether (sulfide) groups is 1. The summed E-state index contributed by atoms with van der Waals surface area (Å²) in [5.41, 5.74) is 1.59. The van der Waals surface area contributed by atoms with E-state index in [1.165, 1.54) is 30.0 Å². The summed E-state index contributed by atoms with van der Waals surface area (Å²) < 4.78 is 4.96. The van der Waals surface area contributed by atoms with Crippen LogP contribution in [-0.2, 0) is 29.5 Å². The Hall–Kier alpha value is -5.47. The molecule has 1 unspecified atom stereocenters. The molecule has 1 fully saturated rings. The molecule has 1 saturated heterocycles. The van der Waals surface area contributed by atoms with Gasteiger partial charge in [-0.2, -0.15) is 0 Å². The molecule has 4 N–H and O–H groups in total. The molecule has 0 radical (unpaired) electrons. The van der Waals surface area contributed by atoms with Crippen molar-refractivity contribution in [3.63, 3.8) is 0 Å². The summed E-state index contributed by atoms with van der Waals surface area (Å²) in [6.45, 7) is 0.938. The molecule has 2 aliphatic rings. The molecule has 48 heavy (non-hydrogen) atoms. The monoisotopic (exact) mass is 683 g/mol. The average molecular weight is 684 g/mol. The van der Waals surface area contributed by atoms with Gasteiger partial charge >= 0.3 is 11.9 Å². The largest absolute Gasteiger partial charge is 0.477 e. The quantitative estimate of drug-likeness (QED) is 0.0452. The number of carboxylic acids is 1. The van der Waals surface area contributed by atoms with Gasteiger partial charge in [-0.3, -0.25) is 19.3 Å². The Bertz CT molecular complexity index is 1820. The average Bonchev–Trinajstić information content (AvgIpc) is 3.57. The number of hydrogen-bond donors (Lipinski definition) is 4. The summed E-state index contributed by atoms with van der Waals surface area (Å²) in [4.78, 5) is 55.5. The maximum atomic E-state index is 13.4. The van der Waals surface area contributed by atoms with Gasteiger partial charge in [0.2, 0.25) is 0 Å². The summed E-state index contributed by atoms with van der Waals surface area (Å²) in [5, 5.41) is 30.4. The number of aromatic nitrogens is 1. The van der Waals surface area contributed by atoms with E-state index in [1.54, 1.807) is 5.38 Å². The smallest absolute Gasteiger partial charge is 0.352 e. The highest BCUT2D eigenvalue weighted by Crippen LogP contribution is 2.42. The number of carbonyl (C=O) groups excluding carboxylic acids is 3. The summed E-state index contributed by atoms with van der Waals surface area (Å²) >= 11 is 2.43. The summed E-state index contributed by atoms with van der Waals surface area (Å²) in [6.07, 6.45) is 0. The molecule has 244 valence electrons. The number of benzene rings is 3. The molecule has 0 bridgehead atoms. The number of esters is 1. The molecular weight excluding hydrogens is 655 g/mol. The molecule has 12 nitrogen and oxygen atoms in total. The molecule has 1 aromatic heterocycles. The third-order valence-electron chi connectivity index (χ3n) is 7.96. The fraction of sp³-hybridized carbons (Fsp3) is 0.176. The highest BCUT2D eigenvalue weighted by molar-refractivity contribution is 8.00. The Morgan fingerprint density at radius 3 is 2.04 bits per heavy atom. The van der Waals surface area contributed by atoms with Crippen LogP contribution in [0.2, 0.25) is 0 Å². The first-order valence-electron chi connectivity index (χ1n) is 14.7. The van der Waals surface area contributed by atoms with Crippen molar-refractivity contribution < 1.29 is 34.2 Å². The lowest BCUT2D eigenvalue weighted by atomic mass is 9.77. The highest BCUT2D eigenvalue weighted by Gasteiger charge is 2.54. The van der Waals surface area contributed by atoms with Crippen LogP contribution in [0.3, 0.4) is 0 Å². The number of rotatable bonds is 11. The lowest BCUT2D eigenvalue weighted by Gasteiger charge is -2.49. The molecule has 0 spiro atoms. The lowest BCUT2D eigenvalue weighted by Crippen LogP contribution is -2.71. The van der Waals surface area contributed by atoms with Crippen molar-refractivity contribution in [2.45, 2.75) is 23.9 Å². The van der Waals surface area contributed by atoms with E-state index in [0.29, 0.717) is 5.13 Å². The van der Waals surface area contributed by atoms with Crippen LogP contribution in [0.4, 0.5) is 5.13 Å². The maximum Gasteiger partial charge on any atom is 0.352 e. The number of ether oxygens (including phenoxy) is 1. The molecule has 3 aromatic carbocycles. The SMILES string of the molecule is CC(=O)OCC1=C(C(=O)O)N2C(=O)C(NC(=O)C(=NO)c3csc(NC(c4ccccc4)(c4ccccc4)c4ccccc4)n3)[C@H]2SC1. The molecule has 3 heterocycles. The van der Waals surface area contributed by atoms with E-state index in [4.69, 9.17) is 4.74 Å². The number of anilines is 1. The van der Waals surface area contributed by atoms with E-state index in [1.807, 2.05) is 91.0 Å². The molecule has 6 rings (SSSR count). The van der Waals surface area contributed by atoms with Crippen molar-refractivity contribution in [2.75, 3.05) is 17.7 Å². The van der Waals surface area contributed by atoms with E-state index >= 15 is 0 Å². The zero-order valence-corrected chi connectivity index (χ0v) is 27.0. The maximum absolute atomic E-state index is 13.4. The minimum atomic E-state index is -1.35. The van der Waals surface area contributed by atoms with Gasteiger partial charge in [-0.25, -0.2) is 9.78 Å². The second-order valence-electron chi connectivity index (χ2n) is 10.9. The van der Waals surface area contributed by atoms with E-state index in [9.17, 15) is 29.5 Å². The molecule has 4 aromatic rings. The van der Waals surface area contributed by atoms with Crippen LogP contribution in [0.15, 0.2) is 113 Å². The molecule has 2 aliphatic heterocycles. The minimum absolute atomic E-state index is 0.0697. The van der Waals surface area contributed by atoms with Crippen LogP contribution in [0, 0.1) is 0 Å². The van der Waals surface area contributed by atoms with Crippen molar-refractivity contribution in [3.05, 3.63) is 130 Å². The van der Waals surface area contributed by atoms with Gasteiger partial charge in [0.25, 0.3) is 11.8 Å². The van der Waals surface area contributed by atoms with Crippen molar-refractivity contribution in [3.8, 4) is 0 Å². The van der Waals surface area contributed by atoms with Crippen molar-refractivity contribution in [2.24, 2.45) is 5.16 Å². The number of fused-ring (bicyclic) bond motifs is 1. The molecule has 0 saturated carbocycles. The third kappa shape index (κ3) is 6.02. The summed E-state index contributed by atoms with van der Waals surface area (Å²) in [6, 6.07) is 28.5. The molecular formula is C34H29N5O7S2. The number of carboxylic acid groups (broad SMARTS) is 1. The first-order chi connectivity index (χ1) is 23.2. The van der Waals surface area contributed by atoms with Gasteiger partial charge in [-0.1, -0.05) is 96.2 Å². The Balaban J connectivity index is 1.25. The minimum Gasteiger partial charge on any atom is -0.477 e. The third-order valence-corrected chi connectivity index (χ3v) is 10.1. The van der Waals surface area contributed by atoms with Gasteiger partial charge < -0.3 is 25.7 Å². The second kappa shape index (κ2) is 13.7. The fourth-order valence-electron chi connectivity index (χ4n) is 5.79. The molecule has 2 amide bonds. The lowest BCUT2D eigenvalue weighted by molar-refractivity contribution is -0.150. The Morgan fingerprint density at radius 1 is 0.979 bits per heavy atom. The first kappa shape index (κ1) is 32.5. The van der Waals surface area contributed by atoms with Gasteiger partial charge in [0.15, 0.2) is 10.8 Å². The van der Waals surface area contributed by atoms with E-state index < -0.39 is 46.4 Å². The van der Waals surface area contributed by atoms with Crippen LogP contribution in [0.25, 0.3) is 0 Å². The summed E-state index contributed by atoms with van der Waals surface area (Å²) in [7, 11) is 0. The van der Waals surface area contributed by atoms with E-state index in [2.05, 4.69) is 20.8 Å². The fourth-order valence-corrected chi connectivity index (χ4v) is 7.86. The van der Waals surface area contributed by atoms with Gasteiger partial charge in [0, 0.05) is 23.6 Å². The van der Waals surface area contributed by atoms with Crippen LogP contribution < -0.4 is 10.6 Å². The molecule has 14 heteroatoms. The number of β-lactam (4-membered cyclic amide) rings is 1. The number of thiazole rings is 1. The topological polar surface area (TPSA) is 171 Å². The standard InChI is InChI=1S/C34H29N5O7S2/c1-20(40)46-17-21-18-47-31-27(30(42)39(31)28(21)32(43)44)36-29(41)26(38-45)25-19-48-33(35-25)37-34(22-11-5-2-6-12-22,23-13-7-3-8-14-23)24-15-9-4-10-16-24/h2-16,19,27,31,45H,17-18H2,1H3,(H,35,37)(H,36,41)(H,43,44)/t27?,31-/m1/s1. The Morgan fingerprint density at radius 2 is 1.54 bits per heavy atom. The summed E-state index contributed by atoms with van der Waals surface area (Å²) in [5.74, 6) is -3.28. The number of nitrogens with zero attached hydrogens (tertiary/aromatic N) is 3. The van der Waals surface area contributed by atoms with E-state index in [-0.39, 0.29) is 29.3 Å².